The summed E-state index contributed by atoms with van der Waals surface area (Å²) in [5, 5.41) is 0. The molecule has 0 unspecified atom stereocenters. The highest BCUT2D eigenvalue weighted by molar-refractivity contribution is 7.93. The van der Waals surface area contributed by atoms with Crippen LogP contribution in [0.2, 0.25) is 0 Å². The molecule has 31 heavy (non-hydrogen) atoms. The molecule has 0 spiro atoms. The van der Waals surface area contributed by atoms with Gasteiger partial charge in [0.1, 0.15) is 0 Å². The zero-order valence-electron chi connectivity index (χ0n) is 16.9. The van der Waals surface area contributed by atoms with E-state index in [-0.39, 0.29) is 10.6 Å². The van der Waals surface area contributed by atoms with Crippen LogP contribution in [0.5, 0.6) is 0 Å². The lowest BCUT2D eigenvalue weighted by Gasteiger charge is -2.31. The fourth-order valence-corrected chi connectivity index (χ4v) is 6.38. The van der Waals surface area contributed by atoms with Gasteiger partial charge in [-0.2, -0.15) is 0 Å². The summed E-state index contributed by atoms with van der Waals surface area (Å²) in [6.45, 7) is 0.395. The molecule has 8 heteroatoms. The van der Waals surface area contributed by atoms with Crippen LogP contribution in [0.4, 0.5) is 11.4 Å². The van der Waals surface area contributed by atoms with Crippen molar-refractivity contribution < 1.29 is 16.8 Å². The van der Waals surface area contributed by atoms with E-state index in [1.54, 1.807) is 48.5 Å². The quantitative estimate of drug-likeness (QED) is 0.586. The molecule has 4 rings (SSSR count). The lowest BCUT2D eigenvalue weighted by Crippen LogP contribution is -2.35. The average Bonchev–Trinajstić information content (AvgIpc) is 2.78. The van der Waals surface area contributed by atoms with Gasteiger partial charge in [0, 0.05) is 12.2 Å². The smallest absolute Gasteiger partial charge is 0.264 e. The molecule has 0 saturated carbocycles. The van der Waals surface area contributed by atoms with E-state index in [9.17, 15) is 16.8 Å². The minimum atomic E-state index is -3.67. The average molecular weight is 457 g/mol. The molecule has 3 aromatic carbocycles. The summed E-state index contributed by atoms with van der Waals surface area (Å²) in [7, 11) is -7.19. The first-order valence-electron chi connectivity index (χ1n) is 10.1. The molecule has 162 valence electrons. The second-order valence-corrected chi connectivity index (χ2v) is 11.2. The van der Waals surface area contributed by atoms with Crippen LogP contribution in [0, 0.1) is 0 Å². The first-order chi connectivity index (χ1) is 14.9. The second-order valence-electron chi connectivity index (χ2n) is 7.49. The molecule has 0 radical (unpaired) electrons. The van der Waals surface area contributed by atoms with Crippen molar-refractivity contribution in [1.29, 1.82) is 0 Å². The fourth-order valence-electron chi connectivity index (χ4n) is 3.72. The van der Waals surface area contributed by atoms with Crippen LogP contribution in [-0.4, -0.2) is 29.1 Å². The number of hydrogen-bond acceptors (Lipinski definition) is 4. The SMILES string of the molecule is O=S(=O)(CCc1ccccc1)Nc1ccc2c(c1)CCCN2S(=O)(=O)c1ccccc1. The molecule has 1 aliphatic rings. The molecule has 0 saturated heterocycles. The minimum absolute atomic E-state index is 0.0252. The number of anilines is 2. The van der Waals surface area contributed by atoms with Crippen molar-refractivity contribution in [2.45, 2.75) is 24.2 Å². The summed E-state index contributed by atoms with van der Waals surface area (Å²) in [5.74, 6) is -0.0252. The van der Waals surface area contributed by atoms with E-state index in [0.717, 1.165) is 11.1 Å². The molecule has 0 atom stereocenters. The first-order valence-corrected chi connectivity index (χ1v) is 13.2. The van der Waals surface area contributed by atoms with E-state index >= 15 is 0 Å². The normalized spacial score (nSPS) is 14.1. The van der Waals surface area contributed by atoms with E-state index in [1.807, 2.05) is 30.3 Å². The van der Waals surface area contributed by atoms with E-state index in [4.69, 9.17) is 0 Å². The number of fused-ring (bicyclic) bond motifs is 1. The van der Waals surface area contributed by atoms with Crippen molar-refractivity contribution in [2.24, 2.45) is 0 Å². The third-order valence-corrected chi connectivity index (χ3v) is 8.38. The molecule has 0 fully saturated rings. The van der Waals surface area contributed by atoms with Gasteiger partial charge in [0.15, 0.2) is 0 Å². The number of hydrogen-bond donors (Lipinski definition) is 1. The lowest BCUT2D eigenvalue weighted by molar-refractivity contribution is 0.586. The van der Waals surface area contributed by atoms with Gasteiger partial charge in [-0.15, -0.1) is 0 Å². The van der Waals surface area contributed by atoms with E-state index < -0.39 is 20.0 Å². The van der Waals surface area contributed by atoms with Crippen LogP contribution < -0.4 is 9.03 Å². The molecule has 6 nitrogen and oxygen atoms in total. The van der Waals surface area contributed by atoms with E-state index in [1.165, 1.54) is 4.31 Å². The van der Waals surface area contributed by atoms with Crippen molar-refractivity contribution in [3.05, 3.63) is 90.0 Å². The van der Waals surface area contributed by atoms with Crippen molar-refractivity contribution in [2.75, 3.05) is 21.3 Å². The number of aryl methyl sites for hydroxylation is 2. The van der Waals surface area contributed by atoms with Gasteiger partial charge >= 0.3 is 0 Å². The van der Waals surface area contributed by atoms with Crippen LogP contribution in [0.1, 0.15) is 17.5 Å². The largest absolute Gasteiger partial charge is 0.284 e. The number of rotatable bonds is 7. The Morgan fingerprint density at radius 2 is 1.52 bits per heavy atom. The number of benzene rings is 3. The molecular weight excluding hydrogens is 432 g/mol. The lowest BCUT2D eigenvalue weighted by atomic mass is 10.0. The van der Waals surface area contributed by atoms with E-state index in [2.05, 4.69) is 4.72 Å². The number of sulfonamides is 2. The highest BCUT2D eigenvalue weighted by atomic mass is 32.2. The molecule has 3 aromatic rings. The van der Waals surface area contributed by atoms with Crippen molar-refractivity contribution in [3.63, 3.8) is 0 Å². The second kappa shape index (κ2) is 8.72. The zero-order valence-corrected chi connectivity index (χ0v) is 18.6. The Morgan fingerprint density at radius 3 is 2.23 bits per heavy atom. The summed E-state index contributed by atoms with van der Waals surface area (Å²) >= 11 is 0. The van der Waals surface area contributed by atoms with Gasteiger partial charge in [-0.3, -0.25) is 9.03 Å². The first kappa shape index (κ1) is 21.4. The maximum absolute atomic E-state index is 13.1. The summed E-state index contributed by atoms with van der Waals surface area (Å²) in [6, 6.07) is 22.8. The maximum Gasteiger partial charge on any atom is 0.264 e. The molecule has 0 amide bonds. The summed E-state index contributed by atoms with van der Waals surface area (Å²) < 4.78 is 55.3. The van der Waals surface area contributed by atoms with Crippen LogP contribution in [0.25, 0.3) is 0 Å². The number of nitrogens with one attached hydrogen (secondary N) is 1. The van der Waals surface area contributed by atoms with Crippen molar-refractivity contribution in [3.8, 4) is 0 Å². The monoisotopic (exact) mass is 456 g/mol. The maximum atomic E-state index is 13.1. The van der Waals surface area contributed by atoms with Crippen LogP contribution >= 0.6 is 0 Å². The van der Waals surface area contributed by atoms with E-state index in [0.29, 0.717) is 37.2 Å². The van der Waals surface area contributed by atoms with Gasteiger partial charge in [0.05, 0.1) is 16.3 Å². The van der Waals surface area contributed by atoms with Crippen LogP contribution in [0.15, 0.2) is 83.8 Å². The van der Waals surface area contributed by atoms with Crippen LogP contribution in [-0.2, 0) is 32.9 Å². The molecule has 1 heterocycles. The highest BCUT2D eigenvalue weighted by Gasteiger charge is 2.29. The number of nitrogens with zero attached hydrogens (tertiary/aromatic N) is 1. The Hall–Kier alpha value is -2.84. The predicted molar refractivity (Wildman–Crippen MR) is 123 cm³/mol. The van der Waals surface area contributed by atoms with Gasteiger partial charge in [0.25, 0.3) is 10.0 Å². The third-order valence-electron chi connectivity index (χ3n) is 5.26. The topological polar surface area (TPSA) is 83.6 Å². The summed E-state index contributed by atoms with van der Waals surface area (Å²) in [5.41, 5.74) is 2.82. The molecule has 0 aromatic heterocycles. The summed E-state index contributed by atoms with van der Waals surface area (Å²) in [4.78, 5) is 0.244. The highest BCUT2D eigenvalue weighted by Crippen LogP contribution is 2.34. The molecular formula is C23H24N2O4S2. The Balaban J connectivity index is 1.53. The predicted octanol–water partition coefficient (Wildman–Crippen LogP) is 3.81. The minimum Gasteiger partial charge on any atom is -0.284 e. The van der Waals surface area contributed by atoms with Gasteiger partial charge in [-0.25, -0.2) is 16.8 Å². The Labute approximate surface area is 183 Å². The van der Waals surface area contributed by atoms with Gasteiger partial charge in [-0.05, 0) is 60.7 Å². The fraction of sp³-hybridized carbons (Fsp3) is 0.217. The third kappa shape index (κ3) is 4.91. The molecule has 1 aliphatic heterocycles. The van der Waals surface area contributed by atoms with Gasteiger partial charge in [-0.1, -0.05) is 48.5 Å². The molecule has 1 N–H and O–H groups in total. The summed E-state index contributed by atoms with van der Waals surface area (Å²) in [6.07, 6.45) is 1.78. The van der Waals surface area contributed by atoms with Crippen molar-refractivity contribution >= 4 is 31.4 Å². The van der Waals surface area contributed by atoms with Crippen LogP contribution in [0.3, 0.4) is 0 Å². The van der Waals surface area contributed by atoms with Gasteiger partial charge in [0.2, 0.25) is 10.0 Å². The van der Waals surface area contributed by atoms with Crippen molar-refractivity contribution in [1.82, 2.24) is 0 Å². The van der Waals surface area contributed by atoms with Gasteiger partial charge < -0.3 is 0 Å². The Bertz CT molecular complexity index is 1260. The Kier molecular flexibility index (Phi) is 6.02. The standard InChI is InChI=1S/C23H24N2O4S2/c26-30(27,17-15-19-8-3-1-4-9-19)24-21-13-14-23-20(18-21)10-7-16-25(23)31(28,29)22-11-5-2-6-12-22/h1-6,8-9,11-14,18,24H,7,10,15-17H2. The molecule has 0 aliphatic carbocycles. The molecule has 0 bridgehead atoms. The zero-order chi connectivity index (χ0) is 21.9. The Morgan fingerprint density at radius 1 is 0.839 bits per heavy atom.